The van der Waals surface area contributed by atoms with Crippen molar-refractivity contribution >= 4 is 12.6 Å². The number of allylic oxidation sites excluding steroid dienone is 2. The Morgan fingerprint density at radius 2 is 2.11 bits per heavy atom. The average Bonchev–Trinajstić information content (AvgIpc) is 2.27. The summed E-state index contributed by atoms with van der Waals surface area (Å²) in [5.74, 6) is 2.15. The van der Waals surface area contributed by atoms with E-state index in [1.807, 2.05) is 6.07 Å². The lowest BCUT2D eigenvalue weighted by molar-refractivity contribution is 0.00740. The molecule has 18 heavy (non-hydrogen) atoms. The molecule has 0 saturated heterocycles. The zero-order valence-electron chi connectivity index (χ0n) is 11.2. The Kier molecular flexibility index (Phi) is 2.74. The standard InChI is InChI=1S/C16H20OS/c1-10-7-8-12-11(9-10)15-13(17-16(12,2)3)5-4-6-14(15)18/h4-7,11-12,18H,8-9H2,1-3H3. The number of fused-ring (bicyclic) bond motifs is 3. The number of hydrogen-bond donors (Lipinski definition) is 1. The molecule has 2 atom stereocenters. The van der Waals surface area contributed by atoms with Gasteiger partial charge < -0.3 is 4.74 Å². The summed E-state index contributed by atoms with van der Waals surface area (Å²) in [5, 5.41) is 0. The summed E-state index contributed by atoms with van der Waals surface area (Å²) in [6.45, 7) is 6.67. The molecule has 1 aromatic rings. The first kappa shape index (κ1) is 12.2. The molecule has 0 fully saturated rings. The number of rotatable bonds is 0. The summed E-state index contributed by atoms with van der Waals surface area (Å²) in [7, 11) is 0. The summed E-state index contributed by atoms with van der Waals surface area (Å²) in [4.78, 5) is 1.08. The Balaban J connectivity index is 2.15. The van der Waals surface area contributed by atoms with E-state index >= 15 is 0 Å². The van der Waals surface area contributed by atoms with Crippen molar-refractivity contribution in [3.63, 3.8) is 0 Å². The Morgan fingerprint density at radius 1 is 1.33 bits per heavy atom. The summed E-state index contributed by atoms with van der Waals surface area (Å²) in [6.07, 6.45) is 4.63. The molecule has 0 aromatic heterocycles. The van der Waals surface area contributed by atoms with Gasteiger partial charge in [-0.05, 0) is 51.7 Å². The van der Waals surface area contributed by atoms with Gasteiger partial charge in [0.25, 0.3) is 0 Å². The van der Waals surface area contributed by atoms with Crippen LogP contribution in [0.3, 0.4) is 0 Å². The van der Waals surface area contributed by atoms with E-state index in [4.69, 9.17) is 4.74 Å². The fourth-order valence-corrected chi connectivity index (χ4v) is 3.85. The van der Waals surface area contributed by atoms with Crippen molar-refractivity contribution in [3.05, 3.63) is 35.4 Å². The van der Waals surface area contributed by atoms with Crippen LogP contribution in [0.4, 0.5) is 0 Å². The van der Waals surface area contributed by atoms with Gasteiger partial charge in [-0.25, -0.2) is 0 Å². The first-order valence-electron chi connectivity index (χ1n) is 6.65. The van der Waals surface area contributed by atoms with Gasteiger partial charge in [0.15, 0.2) is 0 Å². The van der Waals surface area contributed by atoms with Crippen LogP contribution in [-0.2, 0) is 0 Å². The Bertz CT molecular complexity index is 516. The Labute approximate surface area is 115 Å². The molecule has 0 spiro atoms. The second kappa shape index (κ2) is 4.06. The fourth-order valence-electron chi connectivity index (χ4n) is 3.49. The molecule has 0 bridgehead atoms. The van der Waals surface area contributed by atoms with Crippen LogP contribution in [0.2, 0.25) is 0 Å². The molecule has 0 saturated carbocycles. The second-order valence-electron chi connectivity index (χ2n) is 6.10. The van der Waals surface area contributed by atoms with Crippen molar-refractivity contribution in [3.8, 4) is 5.75 Å². The van der Waals surface area contributed by atoms with E-state index < -0.39 is 0 Å². The van der Waals surface area contributed by atoms with Crippen LogP contribution in [0.15, 0.2) is 34.7 Å². The molecule has 1 aromatic carbocycles. The lowest BCUT2D eigenvalue weighted by atomic mass is 9.67. The van der Waals surface area contributed by atoms with E-state index in [2.05, 4.69) is 51.6 Å². The predicted molar refractivity (Wildman–Crippen MR) is 77.6 cm³/mol. The van der Waals surface area contributed by atoms with E-state index in [0.717, 1.165) is 23.5 Å². The molecule has 0 amide bonds. The highest BCUT2D eigenvalue weighted by Crippen LogP contribution is 2.52. The summed E-state index contributed by atoms with van der Waals surface area (Å²) < 4.78 is 6.23. The van der Waals surface area contributed by atoms with Crippen molar-refractivity contribution in [2.75, 3.05) is 0 Å². The van der Waals surface area contributed by atoms with Crippen LogP contribution in [0, 0.1) is 5.92 Å². The molecule has 1 aliphatic carbocycles. The maximum absolute atomic E-state index is 6.23. The molecule has 0 N–H and O–H groups in total. The maximum atomic E-state index is 6.23. The van der Waals surface area contributed by atoms with Crippen LogP contribution >= 0.6 is 12.6 Å². The normalized spacial score (nSPS) is 28.8. The third-order valence-corrected chi connectivity index (χ3v) is 4.82. The molecule has 96 valence electrons. The first-order chi connectivity index (χ1) is 8.49. The van der Waals surface area contributed by atoms with Crippen molar-refractivity contribution < 1.29 is 4.74 Å². The van der Waals surface area contributed by atoms with Crippen LogP contribution in [0.1, 0.15) is 45.1 Å². The van der Waals surface area contributed by atoms with Gasteiger partial charge in [0.2, 0.25) is 0 Å². The fraction of sp³-hybridized carbons (Fsp3) is 0.500. The molecule has 1 heterocycles. The molecule has 2 aliphatic rings. The number of hydrogen-bond acceptors (Lipinski definition) is 2. The smallest absolute Gasteiger partial charge is 0.124 e. The Morgan fingerprint density at radius 3 is 2.89 bits per heavy atom. The lowest BCUT2D eigenvalue weighted by Gasteiger charge is -2.47. The van der Waals surface area contributed by atoms with Crippen LogP contribution < -0.4 is 4.74 Å². The van der Waals surface area contributed by atoms with Crippen molar-refractivity contribution in [1.29, 1.82) is 0 Å². The van der Waals surface area contributed by atoms with Gasteiger partial charge in [0, 0.05) is 16.4 Å². The van der Waals surface area contributed by atoms with Gasteiger partial charge in [-0.3, -0.25) is 0 Å². The van der Waals surface area contributed by atoms with Crippen LogP contribution in [-0.4, -0.2) is 5.60 Å². The van der Waals surface area contributed by atoms with E-state index in [9.17, 15) is 0 Å². The van der Waals surface area contributed by atoms with Gasteiger partial charge in [-0.15, -0.1) is 12.6 Å². The topological polar surface area (TPSA) is 9.23 Å². The number of ether oxygens (including phenoxy) is 1. The predicted octanol–water partition coefficient (Wildman–Crippen LogP) is 4.59. The number of benzene rings is 1. The van der Waals surface area contributed by atoms with E-state index in [0.29, 0.717) is 11.8 Å². The van der Waals surface area contributed by atoms with Gasteiger partial charge in [0.05, 0.1) is 0 Å². The minimum atomic E-state index is -0.0869. The van der Waals surface area contributed by atoms with E-state index in [1.165, 1.54) is 11.1 Å². The summed E-state index contributed by atoms with van der Waals surface area (Å²) in [6, 6.07) is 6.19. The SMILES string of the molecule is CC1=CCC2C(C1)c1c(S)cccc1OC2(C)C. The first-order valence-corrected chi connectivity index (χ1v) is 7.10. The minimum absolute atomic E-state index is 0.0869. The summed E-state index contributed by atoms with van der Waals surface area (Å²) >= 11 is 4.64. The maximum Gasteiger partial charge on any atom is 0.124 e. The minimum Gasteiger partial charge on any atom is -0.487 e. The zero-order chi connectivity index (χ0) is 12.9. The molecule has 1 nitrogen and oxygen atoms in total. The highest BCUT2D eigenvalue weighted by Gasteiger charge is 2.44. The van der Waals surface area contributed by atoms with Crippen LogP contribution in [0.25, 0.3) is 0 Å². The van der Waals surface area contributed by atoms with Crippen LogP contribution in [0.5, 0.6) is 5.75 Å². The largest absolute Gasteiger partial charge is 0.487 e. The zero-order valence-corrected chi connectivity index (χ0v) is 12.1. The van der Waals surface area contributed by atoms with Crippen molar-refractivity contribution in [1.82, 2.24) is 0 Å². The third-order valence-electron chi connectivity index (χ3n) is 4.43. The molecule has 0 radical (unpaired) electrons. The summed E-state index contributed by atoms with van der Waals surface area (Å²) in [5.41, 5.74) is 2.73. The van der Waals surface area contributed by atoms with Gasteiger partial charge >= 0.3 is 0 Å². The monoisotopic (exact) mass is 260 g/mol. The van der Waals surface area contributed by atoms with E-state index in [-0.39, 0.29) is 5.60 Å². The molecule has 1 aliphatic heterocycles. The third kappa shape index (κ3) is 1.78. The molecule has 2 heteroatoms. The highest BCUT2D eigenvalue weighted by atomic mass is 32.1. The van der Waals surface area contributed by atoms with Gasteiger partial charge in [-0.2, -0.15) is 0 Å². The van der Waals surface area contributed by atoms with Gasteiger partial charge in [0.1, 0.15) is 11.4 Å². The average molecular weight is 260 g/mol. The molecule has 2 unspecified atom stereocenters. The highest BCUT2D eigenvalue weighted by molar-refractivity contribution is 7.80. The quantitative estimate of drug-likeness (QED) is 0.530. The van der Waals surface area contributed by atoms with Crippen molar-refractivity contribution in [2.24, 2.45) is 5.92 Å². The molecular formula is C16H20OS. The second-order valence-corrected chi connectivity index (χ2v) is 6.58. The lowest BCUT2D eigenvalue weighted by Crippen LogP contribution is -2.45. The Hall–Kier alpha value is -0.890. The number of thiol groups is 1. The van der Waals surface area contributed by atoms with Gasteiger partial charge in [-0.1, -0.05) is 17.7 Å². The van der Waals surface area contributed by atoms with E-state index in [1.54, 1.807) is 0 Å². The van der Waals surface area contributed by atoms with Crippen molar-refractivity contribution in [2.45, 2.75) is 50.0 Å². The molecular weight excluding hydrogens is 240 g/mol. The molecule has 3 rings (SSSR count).